The molecule has 2 aromatic carbocycles. The largest absolute Gasteiger partial charge is 0.388 e. The minimum atomic E-state index is -1.07. The van der Waals surface area contributed by atoms with Gasteiger partial charge in [-0.05, 0) is 63.2 Å². The lowest BCUT2D eigenvalue weighted by atomic mass is 10.0. The standard InChI is InChI=1S/C23H24F3N5O2/c1-14(23(2,3)33)29-21-27-11-10-20(30-21)31(18-7-4-16(24)5-8-18)22(32)28-13-15-12-17(25)6-9-19(15)26/h4-12,14,33H,13H2,1-3H3,(H,28,32)(H,27,29,30)/t14-/m0/s1. The molecular weight excluding hydrogens is 435 g/mol. The van der Waals surface area contributed by atoms with Gasteiger partial charge in [0.15, 0.2) is 0 Å². The molecule has 0 fully saturated rings. The lowest BCUT2D eigenvalue weighted by molar-refractivity contribution is 0.0646. The molecule has 3 rings (SSSR count). The van der Waals surface area contributed by atoms with Gasteiger partial charge in [-0.2, -0.15) is 4.98 Å². The van der Waals surface area contributed by atoms with E-state index in [1.807, 2.05) is 0 Å². The van der Waals surface area contributed by atoms with Crippen molar-refractivity contribution in [1.29, 1.82) is 0 Å². The molecular formula is C23H24F3N5O2. The van der Waals surface area contributed by atoms with Gasteiger partial charge in [0.2, 0.25) is 5.95 Å². The van der Waals surface area contributed by atoms with Gasteiger partial charge in [0.25, 0.3) is 0 Å². The maximum absolute atomic E-state index is 14.0. The van der Waals surface area contributed by atoms with E-state index in [1.165, 1.54) is 36.5 Å². The first kappa shape index (κ1) is 24.0. The van der Waals surface area contributed by atoms with E-state index < -0.39 is 35.1 Å². The third-order valence-corrected chi connectivity index (χ3v) is 5.00. The van der Waals surface area contributed by atoms with Crippen molar-refractivity contribution in [3.63, 3.8) is 0 Å². The fraction of sp³-hybridized carbons (Fsp3) is 0.261. The molecule has 0 aliphatic heterocycles. The summed E-state index contributed by atoms with van der Waals surface area (Å²) in [6, 6.07) is 8.41. The topological polar surface area (TPSA) is 90.4 Å². The number of nitrogens with one attached hydrogen (secondary N) is 2. The van der Waals surface area contributed by atoms with E-state index in [0.717, 1.165) is 23.1 Å². The number of carbonyl (C=O) groups excluding carboxylic acids is 1. The Balaban J connectivity index is 1.90. The maximum atomic E-state index is 14.0. The van der Waals surface area contributed by atoms with E-state index in [4.69, 9.17) is 0 Å². The number of aliphatic hydroxyl groups is 1. The molecule has 1 aromatic heterocycles. The molecule has 10 heteroatoms. The predicted octanol–water partition coefficient (Wildman–Crippen LogP) is 4.51. The van der Waals surface area contributed by atoms with E-state index >= 15 is 0 Å². The zero-order valence-electron chi connectivity index (χ0n) is 18.3. The van der Waals surface area contributed by atoms with Crippen LogP contribution in [0.5, 0.6) is 0 Å². The van der Waals surface area contributed by atoms with Crippen molar-refractivity contribution in [2.45, 2.75) is 39.0 Å². The summed E-state index contributed by atoms with van der Waals surface area (Å²) in [4.78, 5) is 22.7. The zero-order valence-corrected chi connectivity index (χ0v) is 18.3. The fourth-order valence-electron chi connectivity index (χ4n) is 2.79. The maximum Gasteiger partial charge on any atom is 0.327 e. The molecule has 0 saturated carbocycles. The second-order valence-corrected chi connectivity index (χ2v) is 7.96. The number of aromatic nitrogens is 2. The van der Waals surface area contributed by atoms with E-state index in [9.17, 15) is 23.1 Å². The number of hydrogen-bond donors (Lipinski definition) is 3. The normalized spacial score (nSPS) is 12.2. The van der Waals surface area contributed by atoms with Crippen molar-refractivity contribution < 1.29 is 23.1 Å². The Morgan fingerprint density at radius 3 is 2.42 bits per heavy atom. The van der Waals surface area contributed by atoms with Crippen molar-refractivity contribution in [2.75, 3.05) is 10.2 Å². The second kappa shape index (κ2) is 9.86. The Bertz CT molecular complexity index is 1120. The van der Waals surface area contributed by atoms with Gasteiger partial charge in [0.1, 0.15) is 23.3 Å². The number of anilines is 3. The molecule has 3 aromatic rings. The number of nitrogens with zero attached hydrogens (tertiary/aromatic N) is 3. The molecule has 0 aliphatic carbocycles. The summed E-state index contributed by atoms with van der Waals surface area (Å²) in [5.74, 6) is -1.51. The van der Waals surface area contributed by atoms with Crippen LogP contribution in [0.2, 0.25) is 0 Å². The van der Waals surface area contributed by atoms with Crippen LogP contribution in [0, 0.1) is 17.5 Å². The summed E-state index contributed by atoms with van der Waals surface area (Å²) in [5.41, 5.74) is -0.817. The molecule has 0 radical (unpaired) electrons. The summed E-state index contributed by atoms with van der Waals surface area (Å²) < 4.78 is 40.9. The summed E-state index contributed by atoms with van der Waals surface area (Å²) in [5, 5.41) is 15.6. The number of urea groups is 1. The third-order valence-electron chi connectivity index (χ3n) is 5.00. The highest BCUT2D eigenvalue weighted by Crippen LogP contribution is 2.25. The smallest absolute Gasteiger partial charge is 0.327 e. The van der Waals surface area contributed by atoms with Crippen molar-refractivity contribution in [1.82, 2.24) is 15.3 Å². The van der Waals surface area contributed by atoms with Gasteiger partial charge in [-0.25, -0.2) is 27.8 Å². The fourth-order valence-corrected chi connectivity index (χ4v) is 2.79. The molecule has 3 N–H and O–H groups in total. The molecule has 174 valence electrons. The quantitative estimate of drug-likeness (QED) is 0.484. The van der Waals surface area contributed by atoms with Crippen molar-refractivity contribution in [3.8, 4) is 0 Å². The van der Waals surface area contributed by atoms with Gasteiger partial charge in [-0.15, -0.1) is 0 Å². The number of amides is 2. The van der Waals surface area contributed by atoms with Crippen LogP contribution in [-0.4, -0.2) is 32.7 Å². The summed E-state index contributed by atoms with van der Waals surface area (Å²) in [6.07, 6.45) is 1.41. The molecule has 2 amide bonds. The highest BCUT2D eigenvalue weighted by atomic mass is 19.1. The minimum Gasteiger partial charge on any atom is -0.388 e. The van der Waals surface area contributed by atoms with Crippen molar-refractivity contribution >= 4 is 23.5 Å². The van der Waals surface area contributed by atoms with Gasteiger partial charge in [-0.3, -0.25) is 0 Å². The van der Waals surface area contributed by atoms with E-state index in [1.54, 1.807) is 20.8 Å². The van der Waals surface area contributed by atoms with Crippen LogP contribution in [0.3, 0.4) is 0 Å². The Morgan fingerprint density at radius 2 is 1.76 bits per heavy atom. The Kier molecular flexibility index (Phi) is 7.17. The molecule has 33 heavy (non-hydrogen) atoms. The summed E-state index contributed by atoms with van der Waals surface area (Å²) in [6.45, 7) is 4.71. The monoisotopic (exact) mass is 459 g/mol. The number of benzene rings is 2. The summed E-state index contributed by atoms with van der Waals surface area (Å²) >= 11 is 0. The lowest BCUT2D eigenvalue weighted by Crippen LogP contribution is -2.40. The molecule has 1 heterocycles. The van der Waals surface area contributed by atoms with Crippen molar-refractivity contribution in [2.24, 2.45) is 0 Å². The third kappa shape index (κ3) is 6.19. The van der Waals surface area contributed by atoms with Gasteiger partial charge in [-0.1, -0.05) is 0 Å². The van der Waals surface area contributed by atoms with Crippen LogP contribution < -0.4 is 15.5 Å². The molecule has 0 aliphatic rings. The van der Waals surface area contributed by atoms with Gasteiger partial charge in [0.05, 0.1) is 17.3 Å². The van der Waals surface area contributed by atoms with Crippen molar-refractivity contribution in [3.05, 3.63) is 77.7 Å². The van der Waals surface area contributed by atoms with Gasteiger partial charge >= 0.3 is 6.03 Å². The lowest BCUT2D eigenvalue weighted by Gasteiger charge is -2.27. The van der Waals surface area contributed by atoms with Crippen LogP contribution in [-0.2, 0) is 6.54 Å². The van der Waals surface area contributed by atoms with E-state index in [2.05, 4.69) is 20.6 Å². The van der Waals surface area contributed by atoms with Crippen LogP contribution in [0.1, 0.15) is 26.3 Å². The van der Waals surface area contributed by atoms with Gasteiger partial charge < -0.3 is 15.7 Å². The number of rotatable bonds is 7. The van der Waals surface area contributed by atoms with Crippen LogP contribution in [0.4, 0.5) is 35.4 Å². The summed E-state index contributed by atoms with van der Waals surface area (Å²) in [7, 11) is 0. The predicted molar refractivity (Wildman–Crippen MR) is 119 cm³/mol. The molecule has 0 saturated heterocycles. The first-order valence-corrected chi connectivity index (χ1v) is 10.1. The first-order valence-electron chi connectivity index (χ1n) is 10.1. The van der Waals surface area contributed by atoms with Crippen LogP contribution >= 0.6 is 0 Å². The number of carbonyl (C=O) groups is 1. The van der Waals surface area contributed by atoms with E-state index in [0.29, 0.717) is 0 Å². The number of halogens is 3. The number of hydrogen-bond acceptors (Lipinski definition) is 5. The van der Waals surface area contributed by atoms with Crippen LogP contribution in [0.15, 0.2) is 54.7 Å². The minimum absolute atomic E-state index is 0.0357. The highest BCUT2D eigenvalue weighted by Gasteiger charge is 2.24. The Morgan fingerprint density at radius 1 is 1.09 bits per heavy atom. The average Bonchev–Trinajstić information content (AvgIpc) is 2.75. The molecule has 7 nitrogen and oxygen atoms in total. The van der Waals surface area contributed by atoms with Gasteiger partial charge in [0, 0.05) is 24.4 Å². The average molecular weight is 459 g/mol. The molecule has 0 bridgehead atoms. The highest BCUT2D eigenvalue weighted by molar-refractivity contribution is 5.98. The molecule has 1 atom stereocenters. The van der Waals surface area contributed by atoms with E-state index in [-0.39, 0.29) is 29.6 Å². The zero-order chi connectivity index (χ0) is 24.2. The first-order chi connectivity index (χ1) is 15.5. The molecule has 0 unspecified atom stereocenters. The Hall–Kier alpha value is -3.66. The second-order valence-electron chi connectivity index (χ2n) is 7.96. The Labute approximate surface area is 189 Å². The SMILES string of the molecule is C[C@H](Nc1nccc(N(C(=O)NCc2cc(F)ccc2F)c2ccc(F)cc2)n1)C(C)(C)O. The van der Waals surface area contributed by atoms with Crippen LogP contribution in [0.25, 0.3) is 0 Å². The molecule has 0 spiro atoms.